The van der Waals surface area contributed by atoms with Crippen molar-refractivity contribution in [2.75, 3.05) is 7.05 Å². The topological polar surface area (TPSA) is 137 Å². The normalized spacial score (nSPS) is 10.9. The van der Waals surface area contributed by atoms with E-state index in [1.54, 1.807) is 19.2 Å². The van der Waals surface area contributed by atoms with E-state index in [0.717, 1.165) is 22.8 Å². The van der Waals surface area contributed by atoms with Gasteiger partial charge in [0.1, 0.15) is 11.5 Å². The Bertz CT molecular complexity index is 1420. The number of H-pyrrole nitrogens is 1. The molecule has 0 saturated heterocycles. The lowest BCUT2D eigenvalue weighted by atomic mass is 10.0. The van der Waals surface area contributed by atoms with Crippen molar-refractivity contribution in [1.82, 2.24) is 19.7 Å². The summed E-state index contributed by atoms with van der Waals surface area (Å²) in [6.07, 6.45) is 0. The zero-order valence-corrected chi connectivity index (χ0v) is 18.8. The molecule has 34 heavy (non-hydrogen) atoms. The first kappa shape index (κ1) is 22.8. The van der Waals surface area contributed by atoms with Crippen LogP contribution in [0.25, 0.3) is 17.1 Å². The summed E-state index contributed by atoms with van der Waals surface area (Å²) >= 11 is 0. The van der Waals surface area contributed by atoms with Crippen LogP contribution in [0.5, 0.6) is 11.5 Å². The van der Waals surface area contributed by atoms with Gasteiger partial charge in [0.05, 0.1) is 16.8 Å². The number of para-hydroxylation sites is 1. The van der Waals surface area contributed by atoms with Crippen molar-refractivity contribution >= 4 is 5.91 Å². The number of nitrogens with one attached hydrogen (secondary N) is 1. The molecule has 1 heterocycles. The van der Waals surface area contributed by atoms with E-state index >= 15 is 0 Å². The zero-order valence-electron chi connectivity index (χ0n) is 18.8. The van der Waals surface area contributed by atoms with Crippen LogP contribution in [-0.2, 0) is 13.1 Å². The number of carbonyl (C=O) groups excluding carboxylic acids is 1. The van der Waals surface area contributed by atoms with Gasteiger partial charge >= 0.3 is 5.69 Å². The van der Waals surface area contributed by atoms with Crippen molar-refractivity contribution in [3.63, 3.8) is 0 Å². The molecular formula is C25H25N5O4. The number of hydrogen-bond acceptors (Lipinski definition) is 6. The van der Waals surface area contributed by atoms with Gasteiger partial charge in [0.25, 0.3) is 5.91 Å². The molecule has 0 fully saturated rings. The molecule has 4 aromatic rings. The summed E-state index contributed by atoms with van der Waals surface area (Å²) < 4.78 is 1.32. The smallest absolute Gasteiger partial charge is 0.348 e. The fourth-order valence-corrected chi connectivity index (χ4v) is 3.89. The predicted molar refractivity (Wildman–Crippen MR) is 128 cm³/mol. The maximum absolute atomic E-state index is 13.2. The lowest BCUT2D eigenvalue weighted by molar-refractivity contribution is 0.0782. The number of aromatic nitrogens is 3. The average molecular weight is 460 g/mol. The quantitative estimate of drug-likeness (QED) is 0.350. The Morgan fingerprint density at radius 2 is 1.74 bits per heavy atom. The van der Waals surface area contributed by atoms with Gasteiger partial charge in [0.2, 0.25) is 0 Å². The van der Waals surface area contributed by atoms with E-state index in [9.17, 15) is 19.8 Å². The molecule has 0 unspecified atom stereocenters. The van der Waals surface area contributed by atoms with Crippen molar-refractivity contribution in [2.45, 2.75) is 20.0 Å². The van der Waals surface area contributed by atoms with Crippen LogP contribution >= 0.6 is 0 Å². The fraction of sp³-hybridized carbons (Fsp3) is 0.160. The summed E-state index contributed by atoms with van der Waals surface area (Å²) in [5, 5.41) is 27.5. The molecule has 4 rings (SSSR count). The van der Waals surface area contributed by atoms with Crippen LogP contribution in [0.4, 0.5) is 0 Å². The van der Waals surface area contributed by atoms with Crippen molar-refractivity contribution in [3.8, 4) is 28.6 Å². The summed E-state index contributed by atoms with van der Waals surface area (Å²) in [6, 6.07) is 17.2. The van der Waals surface area contributed by atoms with Gasteiger partial charge in [-0.05, 0) is 35.7 Å². The molecular weight excluding hydrogens is 434 g/mol. The number of nitrogens with zero attached hydrogens (tertiary/aromatic N) is 3. The summed E-state index contributed by atoms with van der Waals surface area (Å²) in [7, 11) is 1.61. The number of phenols is 2. The van der Waals surface area contributed by atoms with E-state index in [4.69, 9.17) is 5.73 Å². The molecule has 5 N–H and O–H groups in total. The van der Waals surface area contributed by atoms with Gasteiger partial charge in [-0.2, -0.15) is 5.10 Å². The molecule has 0 aliphatic heterocycles. The molecule has 9 heteroatoms. The van der Waals surface area contributed by atoms with E-state index in [1.807, 2.05) is 43.3 Å². The number of amides is 1. The van der Waals surface area contributed by atoms with E-state index in [1.165, 1.54) is 15.5 Å². The molecule has 3 aromatic carbocycles. The van der Waals surface area contributed by atoms with Crippen LogP contribution in [0.15, 0.2) is 65.5 Å². The van der Waals surface area contributed by atoms with E-state index in [0.29, 0.717) is 12.2 Å². The third-order valence-corrected chi connectivity index (χ3v) is 5.71. The Balaban J connectivity index is 1.75. The highest BCUT2D eigenvalue weighted by Crippen LogP contribution is 2.35. The number of rotatable bonds is 6. The minimum absolute atomic E-state index is 0.0349. The Morgan fingerprint density at radius 1 is 1.06 bits per heavy atom. The first-order chi connectivity index (χ1) is 16.3. The first-order valence-electron chi connectivity index (χ1n) is 10.6. The van der Waals surface area contributed by atoms with Gasteiger partial charge < -0.3 is 20.8 Å². The van der Waals surface area contributed by atoms with E-state index in [-0.39, 0.29) is 35.0 Å². The zero-order chi connectivity index (χ0) is 24.4. The van der Waals surface area contributed by atoms with Gasteiger partial charge in [-0.15, -0.1) is 0 Å². The number of phenolic OH excluding ortho intramolecular Hbond substituents is 2. The third kappa shape index (κ3) is 4.16. The van der Waals surface area contributed by atoms with Gasteiger partial charge in [-0.1, -0.05) is 42.5 Å². The summed E-state index contributed by atoms with van der Waals surface area (Å²) in [5.74, 6) is -1.06. The van der Waals surface area contributed by atoms with Crippen molar-refractivity contribution in [3.05, 3.63) is 93.4 Å². The number of aryl methyl sites for hydroxylation is 1. The van der Waals surface area contributed by atoms with Crippen molar-refractivity contribution in [2.24, 2.45) is 5.73 Å². The SMILES string of the molecule is Cc1ccccc1-n1c(-c2cc(C(=O)N(C)Cc3ccccc3CN)c(O)cc2O)n[nH]c1=O. The largest absolute Gasteiger partial charge is 0.507 e. The van der Waals surface area contributed by atoms with Crippen LogP contribution in [0.1, 0.15) is 27.0 Å². The first-order valence-corrected chi connectivity index (χ1v) is 10.6. The van der Waals surface area contributed by atoms with Crippen LogP contribution in [-0.4, -0.2) is 42.8 Å². The highest BCUT2D eigenvalue weighted by Gasteiger charge is 2.23. The molecule has 174 valence electrons. The minimum Gasteiger partial charge on any atom is -0.507 e. The lowest BCUT2D eigenvalue weighted by Gasteiger charge is -2.20. The standard InChI is InChI=1S/C25H25N5O4/c1-15-7-3-6-10-20(15)30-23(27-28-25(30)34)18-11-19(22(32)12-21(18)31)24(33)29(2)14-17-9-5-4-8-16(17)13-26/h3-12,31-32H,13-14,26H2,1-2H3,(H,28,34). The molecule has 1 amide bonds. The lowest BCUT2D eigenvalue weighted by Crippen LogP contribution is -2.27. The number of benzene rings is 3. The van der Waals surface area contributed by atoms with Gasteiger partial charge in [0, 0.05) is 26.2 Å². The molecule has 0 radical (unpaired) electrons. The van der Waals surface area contributed by atoms with Gasteiger partial charge in [-0.25, -0.2) is 14.5 Å². The Morgan fingerprint density at radius 3 is 2.44 bits per heavy atom. The molecule has 0 spiro atoms. The van der Waals surface area contributed by atoms with Crippen molar-refractivity contribution in [1.29, 1.82) is 0 Å². The number of nitrogens with two attached hydrogens (primary N) is 1. The van der Waals surface area contributed by atoms with Crippen LogP contribution in [0.3, 0.4) is 0 Å². The van der Waals surface area contributed by atoms with Crippen LogP contribution in [0, 0.1) is 6.92 Å². The molecule has 0 aliphatic rings. The Kier molecular flexibility index (Phi) is 6.20. The van der Waals surface area contributed by atoms with Crippen LogP contribution < -0.4 is 11.4 Å². The highest BCUT2D eigenvalue weighted by atomic mass is 16.3. The average Bonchev–Trinajstić information content (AvgIpc) is 3.20. The maximum Gasteiger partial charge on any atom is 0.348 e. The molecule has 0 saturated carbocycles. The summed E-state index contributed by atoms with van der Waals surface area (Å²) in [6.45, 7) is 2.46. The summed E-state index contributed by atoms with van der Waals surface area (Å²) in [5.41, 5.74) is 8.59. The number of hydrogen-bond donors (Lipinski definition) is 4. The molecule has 0 aliphatic carbocycles. The van der Waals surface area contributed by atoms with Gasteiger partial charge in [0.15, 0.2) is 5.82 Å². The second-order valence-electron chi connectivity index (χ2n) is 7.99. The monoisotopic (exact) mass is 459 g/mol. The third-order valence-electron chi connectivity index (χ3n) is 5.71. The number of aromatic hydroxyl groups is 2. The van der Waals surface area contributed by atoms with E-state index < -0.39 is 11.6 Å². The highest BCUT2D eigenvalue weighted by molar-refractivity contribution is 5.98. The van der Waals surface area contributed by atoms with E-state index in [2.05, 4.69) is 10.2 Å². The molecule has 1 aromatic heterocycles. The molecule has 0 bridgehead atoms. The Hall–Kier alpha value is -4.37. The van der Waals surface area contributed by atoms with Crippen molar-refractivity contribution < 1.29 is 15.0 Å². The molecule has 0 atom stereocenters. The minimum atomic E-state index is -0.500. The second kappa shape index (κ2) is 9.24. The maximum atomic E-state index is 13.2. The second-order valence-corrected chi connectivity index (χ2v) is 7.99. The molecule has 9 nitrogen and oxygen atoms in total. The van der Waals surface area contributed by atoms with Gasteiger partial charge in [-0.3, -0.25) is 4.79 Å². The summed E-state index contributed by atoms with van der Waals surface area (Å²) in [4.78, 5) is 27.2. The van der Waals surface area contributed by atoms with Crippen LogP contribution in [0.2, 0.25) is 0 Å². The number of aromatic amines is 1. The fourth-order valence-electron chi connectivity index (χ4n) is 3.89. The number of carbonyl (C=O) groups is 1. The Labute approximate surface area is 195 Å². The predicted octanol–water partition coefficient (Wildman–Crippen LogP) is 2.68.